The van der Waals surface area contributed by atoms with Crippen LogP contribution < -0.4 is 20.3 Å². The number of benzene rings is 1. The number of pyridine rings is 1. The Hall–Kier alpha value is -2.76. The van der Waals surface area contributed by atoms with E-state index < -0.39 is 0 Å². The summed E-state index contributed by atoms with van der Waals surface area (Å²) in [4.78, 5) is 18.7. The van der Waals surface area contributed by atoms with Crippen LogP contribution >= 0.6 is 0 Å². The Morgan fingerprint density at radius 1 is 1.13 bits per heavy atom. The second-order valence-electron chi connectivity index (χ2n) is 5.41. The number of rotatable bonds is 4. The van der Waals surface area contributed by atoms with Crippen molar-refractivity contribution in [3.8, 4) is 5.75 Å². The monoisotopic (exact) mass is 312 g/mol. The van der Waals surface area contributed by atoms with Crippen LogP contribution in [-0.4, -0.2) is 31.2 Å². The molecule has 2 N–H and O–H groups in total. The van der Waals surface area contributed by atoms with Gasteiger partial charge in [0.2, 0.25) is 0 Å². The van der Waals surface area contributed by atoms with Gasteiger partial charge < -0.3 is 20.3 Å². The molecule has 0 radical (unpaired) electrons. The molecule has 0 saturated carbocycles. The molecule has 23 heavy (non-hydrogen) atoms. The zero-order valence-electron chi connectivity index (χ0n) is 13.1. The lowest BCUT2D eigenvalue weighted by atomic mass is 10.3. The number of hydrogen-bond donors (Lipinski definition) is 2. The highest BCUT2D eigenvalue weighted by Crippen LogP contribution is 2.20. The van der Waals surface area contributed by atoms with Gasteiger partial charge in [0.1, 0.15) is 11.6 Å². The second-order valence-corrected chi connectivity index (χ2v) is 5.41. The minimum atomic E-state index is -0.311. The average Bonchev–Trinajstić information content (AvgIpc) is 3.10. The number of ether oxygens (including phenoxy) is 1. The quantitative estimate of drug-likeness (QED) is 0.908. The molecule has 1 fully saturated rings. The summed E-state index contributed by atoms with van der Waals surface area (Å²) in [6, 6.07) is 10.7. The molecule has 1 aliphatic heterocycles. The van der Waals surface area contributed by atoms with Gasteiger partial charge in [-0.25, -0.2) is 9.78 Å². The molecule has 1 aromatic heterocycles. The fourth-order valence-electron chi connectivity index (χ4n) is 2.59. The lowest BCUT2D eigenvalue weighted by molar-refractivity contribution is 0.262. The molecule has 1 aromatic carbocycles. The molecule has 0 atom stereocenters. The largest absolute Gasteiger partial charge is 0.497 e. The Morgan fingerprint density at radius 3 is 2.61 bits per heavy atom. The fourth-order valence-corrected chi connectivity index (χ4v) is 2.59. The molecule has 0 bridgehead atoms. The highest BCUT2D eigenvalue weighted by Gasteiger charge is 2.13. The van der Waals surface area contributed by atoms with Crippen LogP contribution in [-0.2, 0) is 0 Å². The molecule has 2 aromatic rings. The van der Waals surface area contributed by atoms with Crippen molar-refractivity contribution in [3.63, 3.8) is 0 Å². The number of aromatic nitrogens is 1. The standard InChI is InChI=1S/C17H20N4O2/c1-23-15-6-4-5-13(11-15)19-17(22)20-14-7-8-16(18-12-14)21-9-2-3-10-21/h4-8,11-12H,2-3,9-10H2,1H3,(H2,19,20,22). The minimum absolute atomic E-state index is 0.311. The minimum Gasteiger partial charge on any atom is -0.497 e. The first-order chi connectivity index (χ1) is 11.2. The van der Waals surface area contributed by atoms with Gasteiger partial charge in [0.05, 0.1) is 19.0 Å². The highest BCUT2D eigenvalue weighted by molar-refractivity contribution is 5.99. The summed E-state index contributed by atoms with van der Waals surface area (Å²) >= 11 is 0. The van der Waals surface area contributed by atoms with Crippen LogP contribution in [0.1, 0.15) is 12.8 Å². The van der Waals surface area contributed by atoms with Crippen LogP contribution in [0.25, 0.3) is 0 Å². The third-order valence-electron chi connectivity index (χ3n) is 3.76. The predicted octanol–water partition coefficient (Wildman–Crippen LogP) is 3.33. The topological polar surface area (TPSA) is 66.5 Å². The average molecular weight is 312 g/mol. The van der Waals surface area contributed by atoms with Crippen LogP contribution in [0, 0.1) is 0 Å². The van der Waals surface area contributed by atoms with Crippen molar-refractivity contribution in [2.75, 3.05) is 35.7 Å². The van der Waals surface area contributed by atoms with Crippen LogP contribution in [0.15, 0.2) is 42.6 Å². The molecule has 1 saturated heterocycles. The summed E-state index contributed by atoms with van der Waals surface area (Å²) in [5.41, 5.74) is 1.33. The maximum Gasteiger partial charge on any atom is 0.323 e. The van der Waals surface area contributed by atoms with Gasteiger partial charge in [0.25, 0.3) is 0 Å². The maximum atomic E-state index is 12.0. The lowest BCUT2D eigenvalue weighted by Gasteiger charge is -2.16. The van der Waals surface area contributed by atoms with Crippen molar-refractivity contribution >= 4 is 23.2 Å². The van der Waals surface area contributed by atoms with E-state index in [1.807, 2.05) is 24.3 Å². The van der Waals surface area contributed by atoms with Crippen molar-refractivity contribution in [1.82, 2.24) is 4.98 Å². The Morgan fingerprint density at radius 2 is 1.91 bits per heavy atom. The number of amides is 2. The first kappa shape index (κ1) is 15.1. The van der Waals surface area contributed by atoms with Gasteiger partial charge in [-0.2, -0.15) is 0 Å². The smallest absolute Gasteiger partial charge is 0.323 e. The summed E-state index contributed by atoms with van der Waals surface area (Å²) in [5.74, 6) is 1.65. The van der Waals surface area contributed by atoms with Crippen molar-refractivity contribution in [3.05, 3.63) is 42.6 Å². The zero-order chi connectivity index (χ0) is 16.1. The van der Waals surface area contributed by atoms with E-state index in [1.165, 1.54) is 12.8 Å². The van der Waals surface area contributed by atoms with Gasteiger partial charge in [0.15, 0.2) is 0 Å². The summed E-state index contributed by atoms with van der Waals surface area (Å²) in [6.45, 7) is 2.10. The summed E-state index contributed by atoms with van der Waals surface area (Å²) in [6.07, 6.45) is 4.11. The van der Waals surface area contributed by atoms with Crippen LogP contribution in [0.4, 0.5) is 22.0 Å². The number of methoxy groups -OCH3 is 1. The van der Waals surface area contributed by atoms with E-state index in [1.54, 1.807) is 25.4 Å². The Labute approximate surface area is 135 Å². The lowest BCUT2D eigenvalue weighted by Crippen LogP contribution is -2.21. The number of nitrogens with one attached hydrogen (secondary N) is 2. The Bertz CT molecular complexity index is 667. The molecule has 6 heteroatoms. The predicted molar refractivity (Wildman–Crippen MR) is 91.3 cm³/mol. The van der Waals surface area contributed by atoms with Gasteiger partial charge >= 0.3 is 6.03 Å². The molecule has 0 unspecified atom stereocenters. The molecule has 0 spiro atoms. The number of nitrogens with zero attached hydrogens (tertiary/aromatic N) is 2. The van der Waals surface area contributed by atoms with E-state index in [2.05, 4.69) is 20.5 Å². The summed E-state index contributed by atoms with van der Waals surface area (Å²) in [5, 5.41) is 5.54. The molecular weight excluding hydrogens is 292 g/mol. The SMILES string of the molecule is COc1cccc(NC(=O)Nc2ccc(N3CCCC3)nc2)c1. The third kappa shape index (κ3) is 3.91. The molecule has 2 heterocycles. The molecule has 0 aliphatic carbocycles. The number of carbonyl (C=O) groups is 1. The normalized spacial score (nSPS) is 13.7. The Balaban J connectivity index is 1.58. The molecule has 120 valence electrons. The second kappa shape index (κ2) is 7.00. The van der Waals surface area contributed by atoms with Gasteiger partial charge in [0, 0.05) is 24.8 Å². The highest BCUT2D eigenvalue weighted by atomic mass is 16.5. The van der Waals surface area contributed by atoms with E-state index in [0.29, 0.717) is 17.1 Å². The molecule has 3 rings (SSSR count). The molecule has 1 aliphatic rings. The van der Waals surface area contributed by atoms with E-state index in [0.717, 1.165) is 18.9 Å². The maximum absolute atomic E-state index is 12.0. The van der Waals surface area contributed by atoms with Crippen LogP contribution in [0.3, 0.4) is 0 Å². The van der Waals surface area contributed by atoms with Crippen LogP contribution in [0.5, 0.6) is 5.75 Å². The van der Waals surface area contributed by atoms with E-state index in [9.17, 15) is 4.79 Å². The van der Waals surface area contributed by atoms with Crippen molar-refractivity contribution in [2.45, 2.75) is 12.8 Å². The number of urea groups is 1. The fraction of sp³-hybridized carbons (Fsp3) is 0.294. The molecular formula is C17H20N4O2. The summed E-state index contributed by atoms with van der Waals surface area (Å²) in [7, 11) is 1.59. The van der Waals surface area contributed by atoms with Gasteiger partial charge in [-0.1, -0.05) is 6.07 Å². The van der Waals surface area contributed by atoms with Crippen molar-refractivity contribution < 1.29 is 9.53 Å². The van der Waals surface area contributed by atoms with Crippen LogP contribution in [0.2, 0.25) is 0 Å². The zero-order valence-corrected chi connectivity index (χ0v) is 13.1. The van der Waals surface area contributed by atoms with E-state index in [4.69, 9.17) is 4.74 Å². The van der Waals surface area contributed by atoms with Gasteiger partial charge in [-0.15, -0.1) is 0 Å². The van der Waals surface area contributed by atoms with E-state index in [-0.39, 0.29) is 6.03 Å². The number of hydrogen-bond acceptors (Lipinski definition) is 4. The van der Waals surface area contributed by atoms with Gasteiger partial charge in [-0.05, 0) is 37.1 Å². The first-order valence-corrected chi connectivity index (χ1v) is 7.68. The number of anilines is 3. The molecule has 6 nitrogen and oxygen atoms in total. The molecule has 2 amide bonds. The van der Waals surface area contributed by atoms with E-state index >= 15 is 0 Å². The third-order valence-corrected chi connectivity index (χ3v) is 3.76. The van der Waals surface area contributed by atoms with Crippen molar-refractivity contribution in [2.24, 2.45) is 0 Å². The number of carbonyl (C=O) groups excluding carboxylic acids is 1. The van der Waals surface area contributed by atoms with Crippen molar-refractivity contribution in [1.29, 1.82) is 0 Å². The summed E-state index contributed by atoms with van der Waals surface area (Å²) < 4.78 is 5.13. The Kier molecular flexibility index (Phi) is 4.61. The van der Waals surface area contributed by atoms with Gasteiger partial charge in [-0.3, -0.25) is 0 Å². The first-order valence-electron chi connectivity index (χ1n) is 7.68.